The van der Waals surface area contributed by atoms with Crippen LogP contribution in [0, 0.1) is 0 Å². The highest BCUT2D eigenvalue weighted by Crippen LogP contribution is 2.22. The molecular formula is C15H25NO2S. The molecule has 3 nitrogen and oxygen atoms in total. The molecule has 0 bridgehead atoms. The molecular weight excluding hydrogens is 258 g/mol. The molecule has 0 fully saturated rings. The van der Waals surface area contributed by atoms with Gasteiger partial charge in [0.1, 0.15) is 9.84 Å². The minimum Gasteiger partial charge on any atom is -0.309 e. The minimum atomic E-state index is -2.92. The zero-order valence-electron chi connectivity index (χ0n) is 12.5. The molecule has 0 radical (unpaired) electrons. The first-order valence-corrected chi connectivity index (χ1v) is 8.64. The molecule has 0 saturated heterocycles. The van der Waals surface area contributed by atoms with Gasteiger partial charge in [-0.2, -0.15) is 0 Å². The maximum absolute atomic E-state index is 11.2. The second-order valence-corrected chi connectivity index (χ2v) is 8.51. The standard InChI is InChI=1S/C15H25NO2S/c1-12(11-19(5,17)18)16-10-13-6-8-14(9-7-13)15(2,3)4/h6-9,12,16H,10-11H2,1-5H3. The summed E-state index contributed by atoms with van der Waals surface area (Å²) < 4.78 is 22.3. The van der Waals surface area contributed by atoms with Crippen LogP contribution in [0.4, 0.5) is 0 Å². The Kier molecular flexibility index (Phi) is 5.16. The lowest BCUT2D eigenvalue weighted by Gasteiger charge is -2.19. The third-order valence-electron chi connectivity index (χ3n) is 3.03. The summed E-state index contributed by atoms with van der Waals surface area (Å²) in [6.45, 7) is 9.16. The van der Waals surface area contributed by atoms with Gasteiger partial charge < -0.3 is 5.32 Å². The van der Waals surface area contributed by atoms with E-state index in [0.717, 1.165) is 0 Å². The van der Waals surface area contributed by atoms with E-state index < -0.39 is 9.84 Å². The molecule has 1 aromatic rings. The van der Waals surface area contributed by atoms with Crippen LogP contribution in [0.1, 0.15) is 38.8 Å². The van der Waals surface area contributed by atoms with Gasteiger partial charge in [-0.25, -0.2) is 8.42 Å². The Labute approximate surface area is 117 Å². The Bertz CT molecular complexity index is 498. The summed E-state index contributed by atoms with van der Waals surface area (Å²) in [4.78, 5) is 0. The van der Waals surface area contributed by atoms with E-state index in [0.29, 0.717) is 6.54 Å². The third-order valence-corrected chi connectivity index (χ3v) is 4.13. The fourth-order valence-corrected chi connectivity index (χ4v) is 2.95. The number of benzene rings is 1. The van der Waals surface area contributed by atoms with Crippen molar-refractivity contribution in [3.8, 4) is 0 Å². The lowest BCUT2D eigenvalue weighted by Crippen LogP contribution is -2.32. The molecule has 0 aliphatic heterocycles. The maximum atomic E-state index is 11.2. The highest BCUT2D eigenvalue weighted by atomic mass is 32.2. The van der Waals surface area contributed by atoms with Crippen LogP contribution >= 0.6 is 0 Å². The molecule has 19 heavy (non-hydrogen) atoms. The molecule has 0 aromatic heterocycles. The average molecular weight is 283 g/mol. The number of nitrogens with one attached hydrogen (secondary N) is 1. The summed E-state index contributed by atoms with van der Waals surface area (Å²) >= 11 is 0. The summed E-state index contributed by atoms with van der Waals surface area (Å²) in [5.41, 5.74) is 2.64. The Morgan fingerprint density at radius 1 is 1.16 bits per heavy atom. The van der Waals surface area contributed by atoms with Gasteiger partial charge in [-0.3, -0.25) is 0 Å². The summed E-state index contributed by atoms with van der Waals surface area (Å²) in [7, 11) is -2.92. The zero-order chi connectivity index (χ0) is 14.7. The summed E-state index contributed by atoms with van der Waals surface area (Å²) in [5, 5.41) is 3.23. The number of hydrogen-bond donors (Lipinski definition) is 1. The average Bonchev–Trinajstić information content (AvgIpc) is 2.23. The molecule has 1 unspecified atom stereocenters. The molecule has 4 heteroatoms. The van der Waals surface area contributed by atoms with Crippen molar-refractivity contribution in [2.75, 3.05) is 12.0 Å². The van der Waals surface area contributed by atoms with E-state index in [4.69, 9.17) is 0 Å². The van der Waals surface area contributed by atoms with E-state index in [9.17, 15) is 8.42 Å². The highest BCUT2D eigenvalue weighted by molar-refractivity contribution is 7.90. The van der Waals surface area contributed by atoms with Crippen molar-refractivity contribution in [3.63, 3.8) is 0 Å². The normalized spacial score (nSPS) is 14.4. The molecule has 1 atom stereocenters. The van der Waals surface area contributed by atoms with Gasteiger partial charge in [0, 0.05) is 18.8 Å². The lowest BCUT2D eigenvalue weighted by molar-refractivity contribution is 0.559. The summed E-state index contributed by atoms with van der Waals surface area (Å²) in [6, 6.07) is 8.44. The van der Waals surface area contributed by atoms with Crippen LogP contribution < -0.4 is 5.32 Å². The van der Waals surface area contributed by atoms with Crippen LogP contribution in [-0.2, 0) is 21.8 Å². The topological polar surface area (TPSA) is 46.2 Å². The zero-order valence-corrected chi connectivity index (χ0v) is 13.3. The first-order valence-electron chi connectivity index (χ1n) is 6.58. The summed E-state index contributed by atoms with van der Waals surface area (Å²) in [5.74, 6) is 0.174. The van der Waals surface area contributed by atoms with Crippen molar-refractivity contribution in [2.24, 2.45) is 0 Å². The van der Waals surface area contributed by atoms with Gasteiger partial charge in [0.2, 0.25) is 0 Å². The number of sulfone groups is 1. The van der Waals surface area contributed by atoms with Crippen LogP contribution in [0.2, 0.25) is 0 Å². The van der Waals surface area contributed by atoms with Gasteiger partial charge >= 0.3 is 0 Å². The quantitative estimate of drug-likeness (QED) is 0.903. The van der Waals surface area contributed by atoms with Gasteiger partial charge in [0.15, 0.2) is 0 Å². The smallest absolute Gasteiger partial charge is 0.148 e. The van der Waals surface area contributed by atoms with E-state index in [1.54, 1.807) is 0 Å². The van der Waals surface area contributed by atoms with Crippen LogP contribution in [0.5, 0.6) is 0 Å². The van der Waals surface area contributed by atoms with E-state index in [-0.39, 0.29) is 17.2 Å². The predicted octanol–water partition coefficient (Wildman–Crippen LogP) is 2.51. The van der Waals surface area contributed by atoms with Gasteiger partial charge in [0.25, 0.3) is 0 Å². The molecule has 108 valence electrons. The van der Waals surface area contributed by atoms with Crippen molar-refractivity contribution in [1.29, 1.82) is 0 Å². The van der Waals surface area contributed by atoms with E-state index in [2.05, 4.69) is 50.4 Å². The van der Waals surface area contributed by atoms with Gasteiger partial charge in [-0.1, -0.05) is 45.0 Å². The highest BCUT2D eigenvalue weighted by Gasteiger charge is 2.13. The molecule has 0 spiro atoms. The van der Waals surface area contributed by atoms with Crippen LogP contribution in [-0.4, -0.2) is 26.5 Å². The number of hydrogen-bond acceptors (Lipinski definition) is 3. The van der Waals surface area contributed by atoms with Crippen LogP contribution in [0.15, 0.2) is 24.3 Å². The number of rotatable bonds is 5. The Hall–Kier alpha value is -0.870. The van der Waals surface area contributed by atoms with Crippen molar-refractivity contribution in [2.45, 2.75) is 45.7 Å². The monoisotopic (exact) mass is 283 g/mol. The first kappa shape index (κ1) is 16.2. The van der Waals surface area contributed by atoms with Crippen LogP contribution in [0.25, 0.3) is 0 Å². The van der Waals surface area contributed by atoms with Crippen molar-refractivity contribution >= 4 is 9.84 Å². The van der Waals surface area contributed by atoms with Gasteiger partial charge in [0.05, 0.1) is 5.75 Å². The van der Waals surface area contributed by atoms with Crippen LogP contribution in [0.3, 0.4) is 0 Å². The van der Waals surface area contributed by atoms with Crippen molar-refractivity contribution in [3.05, 3.63) is 35.4 Å². The largest absolute Gasteiger partial charge is 0.309 e. The van der Waals surface area contributed by atoms with Crippen molar-refractivity contribution in [1.82, 2.24) is 5.32 Å². The van der Waals surface area contributed by atoms with Gasteiger partial charge in [-0.05, 0) is 23.5 Å². The molecule has 0 heterocycles. The summed E-state index contributed by atoms with van der Waals surface area (Å²) in [6.07, 6.45) is 1.27. The molecule has 0 saturated carbocycles. The molecule has 1 aromatic carbocycles. The second-order valence-electron chi connectivity index (χ2n) is 6.32. The Balaban J connectivity index is 2.55. The third kappa shape index (κ3) is 6.21. The Morgan fingerprint density at radius 2 is 1.68 bits per heavy atom. The minimum absolute atomic E-state index is 0.0303. The molecule has 1 rings (SSSR count). The fourth-order valence-electron chi connectivity index (χ4n) is 1.93. The molecule has 1 N–H and O–H groups in total. The maximum Gasteiger partial charge on any atom is 0.148 e. The van der Waals surface area contributed by atoms with E-state index in [1.807, 2.05) is 6.92 Å². The Morgan fingerprint density at radius 3 is 2.11 bits per heavy atom. The first-order chi connectivity index (χ1) is 8.58. The molecule has 0 aliphatic rings. The predicted molar refractivity (Wildman–Crippen MR) is 81.2 cm³/mol. The lowest BCUT2D eigenvalue weighted by atomic mass is 9.87. The second kappa shape index (κ2) is 6.06. The molecule has 0 amide bonds. The van der Waals surface area contributed by atoms with E-state index in [1.165, 1.54) is 17.4 Å². The van der Waals surface area contributed by atoms with Gasteiger partial charge in [-0.15, -0.1) is 0 Å². The molecule has 0 aliphatic carbocycles. The SMILES string of the molecule is CC(CS(C)(=O)=O)NCc1ccc(C(C)(C)C)cc1. The fraction of sp³-hybridized carbons (Fsp3) is 0.600. The van der Waals surface area contributed by atoms with E-state index >= 15 is 0 Å². The van der Waals surface area contributed by atoms with Crippen molar-refractivity contribution < 1.29 is 8.42 Å².